The molecule has 2 heterocycles. The highest BCUT2D eigenvalue weighted by Gasteiger charge is 2.33. The number of fused-ring (bicyclic) bond motifs is 1. The van der Waals surface area contributed by atoms with E-state index >= 15 is 0 Å². The number of anilines is 2. The molecule has 27 heavy (non-hydrogen) atoms. The van der Waals surface area contributed by atoms with E-state index in [0.717, 1.165) is 5.56 Å². The van der Waals surface area contributed by atoms with Gasteiger partial charge < -0.3 is 10.1 Å². The number of hydrogen-bond acceptors (Lipinski definition) is 5. The lowest BCUT2D eigenvalue weighted by molar-refractivity contribution is -0.125. The molecule has 0 saturated carbocycles. The van der Waals surface area contributed by atoms with Crippen molar-refractivity contribution < 1.29 is 14.3 Å². The van der Waals surface area contributed by atoms with Crippen LogP contribution in [-0.4, -0.2) is 33.7 Å². The fourth-order valence-electron chi connectivity index (χ4n) is 2.94. The van der Waals surface area contributed by atoms with E-state index < -0.39 is 6.04 Å². The molecule has 2 N–H and O–H groups in total. The van der Waals surface area contributed by atoms with Crippen molar-refractivity contribution in [3.8, 4) is 17.1 Å². The first-order valence-electron chi connectivity index (χ1n) is 8.41. The second-order valence-electron chi connectivity index (χ2n) is 6.03. The molecule has 1 aliphatic rings. The van der Waals surface area contributed by atoms with E-state index in [4.69, 9.17) is 4.74 Å². The molecule has 1 aliphatic heterocycles. The second-order valence-corrected chi connectivity index (χ2v) is 6.03. The molecule has 0 fully saturated rings. The largest absolute Gasteiger partial charge is 0.495 e. The molecule has 0 radical (unpaired) electrons. The van der Waals surface area contributed by atoms with Crippen LogP contribution in [0.25, 0.3) is 11.4 Å². The maximum Gasteiger partial charge on any atom is 0.250 e. The summed E-state index contributed by atoms with van der Waals surface area (Å²) in [7, 11) is 1.53. The third-order valence-electron chi connectivity index (χ3n) is 4.26. The predicted octanol–water partition coefficient (Wildman–Crippen LogP) is 2.48. The molecule has 0 bridgehead atoms. The second kappa shape index (κ2) is 6.91. The Morgan fingerprint density at radius 2 is 1.93 bits per heavy atom. The van der Waals surface area contributed by atoms with E-state index in [-0.39, 0.29) is 24.2 Å². The van der Waals surface area contributed by atoms with Gasteiger partial charge in [0.2, 0.25) is 17.8 Å². The quantitative estimate of drug-likeness (QED) is 0.742. The molecule has 4 rings (SSSR count). The van der Waals surface area contributed by atoms with Gasteiger partial charge in [0, 0.05) is 5.56 Å². The van der Waals surface area contributed by atoms with Crippen molar-refractivity contribution in [2.45, 2.75) is 12.5 Å². The third kappa shape index (κ3) is 3.24. The Hall–Kier alpha value is -3.68. The molecule has 2 amide bonds. The van der Waals surface area contributed by atoms with Crippen molar-refractivity contribution in [3.05, 3.63) is 54.6 Å². The Balaban J connectivity index is 1.65. The van der Waals surface area contributed by atoms with Crippen LogP contribution in [0.4, 0.5) is 11.6 Å². The number of ether oxygens (including phenoxy) is 1. The Labute approximate surface area is 155 Å². The molecule has 3 aromatic rings. The topological polar surface area (TPSA) is 98.1 Å². The van der Waals surface area contributed by atoms with Crippen LogP contribution in [0, 0.1) is 0 Å². The zero-order valence-corrected chi connectivity index (χ0v) is 14.5. The smallest absolute Gasteiger partial charge is 0.250 e. The van der Waals surface area contributed by atoms with Gasteiger partial charge in [0.1, 0.15) is 11.8 Å². The highest BCUT2D eigenvalue weighted by Crippen LogP contribution is 2.29. The number of nitrogens with zero attached hydrogens (tertiary/aromatic N) is 3. The minimum absolute atomic E-state index is 0.0222. The Morgan fingerprint density at radius 1 is 1.19 bits per heavy atom. The average molecular weight is 363 g/mol. The number of nitrogens with one attached hydrogen (secondary N) is 2. The molecule has 1 atom stereocenters. The van der Waals surface area contributed by atoms with E-state index in [1.807, 2.05) is 36.4 Å². The Kier molecular flexibility index (Phi) is 4.29. The van der Waals surface area contributed by atoms with Gasteiger partial charge in [-0.15, -0.1) is 5.10 Å². The first-order chi connectivity index (χ1) is 13.2. The van der Waals surface area contributed by atoms with Gasteiger partial charge in [-0.25, -0.2) is 4.68 Å². The van der Waals surface area contributed by atoms with E-state index in [2.05, 4.69) is 20.7 Å². The lowest BCUT2D eigenvalue weighted by Gasteiger charge is -2.22. The van der Waals surface area contributed by atoms with Crippen LogP contribution in [0.5, 0.6) is 5.75 Å². The molecule has 0 aliphatic carbocycles. The number of hydrogen-bond donors (Lipinski definition) is 2. The summed E-state index contributed by atoms with van der Waals surface area (Å²) in [6.07, 6.45) is -0.0222. The van der Waals surface area contributed by atoms with Crippen LogP contribution in [0.1, 0.15) is 12.5 Å². The predicted molar refractivity (Wildman–Crippen MR) is 99.4 cm³/mol. The standard InChI is InChI=1S/C19H17N5O3/c1-27-15-10-6-5-9-13(15)20-18(26)14-11-16(25)21-19-22-17(23-24(14)19)12-7-3-2-4-8-12/h2-10,14H,11H2,1H3,(H,20,26)(H,21,22,23,25)/t14-/m1/s1. The molecule has 0 spiro atoms. The van der Waals surface area contributed by atoms with Gasteiger partial charge >= 0.3 is 0 Å². The molecule has 0 unspecified atom stereocenters. The number of rotatable bonds is 4. The zero-order valence-electron chi connectivity index (χ0n) is 14.5. The number of carbonyl (C=O) groups is 2. The molecule has 2 aromatic carbocycles. The van der Waals surface area contributed by atoms with Crippen LogP contribution >= 0.6 is 0 Å². The zero-order chi connectivity index (χ0) is 18.8. The minimum atomic E-state index is -0.802. The summed E-state index contributed by atoms with van der Waals surface area (Å²) in [5.41, 5.74) is 1.33. The van der Waals surface area contributed by atoms with E-state index in [0.29, 0.717) is 17.3 Å². The summed E-state index contributed by atoms with van der Waals surface area (Å²) in [4.78, 5) is 29.3. The SMILES string of the molecule is COc1ccccc1NC(=O)[C@H]1CC(=O)Nc2nc(-c3ccccc3)nn21. The van der Waals surface area contributed by atoms with Crippen molar-refractivity contribution >= 4 is 23.5 Å². The van der Waals surface area contributed by atoms with E-state index in [1.165, 1.54) is 11.8 Å². The van der Waals surface area contributed by atoms with Gasteiger partial charge in [0.15, 0.2) is 5.82 Å². The van der Waals surface area contributed by atoms with Gasteiger partial charge in [0.05, 0.1) is 19.2 Å². The van der Waals surface area contributed by atoms with Gasteiger partial charge in [0.25, 0.3) is 0 Å². The molecular weight excluding hydrogens is 346 g/mol. The number of benzene rings is 2. The lowest BCUT2D eigenvalue weighted by Crippen LogP contribution is -2.36. The van der Waals surface area contributed by atoms with Crippen molar-refractivity contribution in [3.63, 3.8) is 0 Å². The highest BCUT2D eigenvalue weighted by atomic mass is 16.5. The van der Waals surface area contributed by atoms with Gasteiger partial charge in [-0.3, -0.25) is 14.9 Å². The highest BCUT2D eigenvalue weighted by molar-refractivity contribution is 6.01. The summed E-state index contributed by atoms with van der Waals surface area (Å²) in [6.45, 7) is 0. The normalized spacial score (nSPS) is 15.6. The summed E-state index contributed by atoms with van der Waals surface area (Å²) < 4.78 is 6.71. The van der Waals surface area contributed by atoms with Crippen LogP contribution < -0.4 is 15.4 Å². The average Bonchev–Trinajstić information content (AvgIpc) is 3.12. The molecular formula is C19H17N5O3. The fraction of sp³-hybridized carbons (Fsp3) is 0.158. The van der Waals surface area contributed by atoms with Crippen LogP contribution in [0.2, 0.25) is 0 Å². The molecule has 8 heteroatoms. The van der Waals surface area contributed by atoms with Crippen molar-refractivity contribution in [1.82, 2.24) is 14.8 Å². The first kappa shape index (κ1) is 16.8. The first-order valence-corrected chi connectivity index (χ1v) is 8.41. The Morgan fingerprint density at radius 3 is 2.70 bits per heavy atom. The minimum Gasteiger partial charge on any atom is -0.495 e. The number of amides is 2. The summed E-state index contributed by atoms with van der Waals surface area (Å²) in [5, 5.41) is 9.92. The van der Waals surface area contributed by atoms with Crippen molar-refractivity contribution in [2.75, 3.05) is 17.7 Å². The van der Waals surface area contributed by atoms with Gasteiger partial charge in [-0.1, -0.05) is 42.5 Å². The number of carbonyl (C=O) groups excluding carboxylic acids is 2. The van der Waals surface area contributed by atoms with E-state index in [1.54, 1.807) is 18.2 Å². The van der Waals surface area contributed by atoms with Crippen LogP contribution in [-0.2, 0) is 9.59 Å². The van der Waals surface area contributed by atoms with Crippen molar-refractivity contribution in [1.29, 1.82) is 0 Å². The monoisotopic (exact) mass is 363 g/mol. The maximum absolute atomic E-state index is 12.9. The number of methoxy groups -OCH3 is 1. The number of aromatic nitrogens is 3. The van der Waals surface area contributed by atoms with Crippen LogP contribution in [0.15, 0.2) is 54.6 Å². The van der Waals surface area contributed by atoms with Crippen LogP contribution in [0.3, 0.4) is 0 Å². The third-order valence-corrected chi connectivity index (χ3v) is 4.26. The summed E-state index contributed by atoms with van der Waals surface area (Å²) in [5.74, 6) is 0.595. The molecule has 136 valence electrons. The lowest BCUT2D eigenvalue weighted by atomic mass is 10.1. The van der Waals surface area contributed by atoms with Gasteiger partial charge in [-0.05, 0) is 12.1 Å². The maximum atomic E-state index is 12.9. The Bertz CT molecular complexity index is 1000. The summed E-state index contributed by atoms with van der Waals surface area (Å²) in [6, 6.07) is 15.7. The number of para-hydroxylation sites is 2. The molecule has 1 aromatic heterocycles. The molecule has 0 saturated heterocycles. The van der Waals surface area contributed by atoms with E-state index in [9.17, 15) is 9.59 Å². The fourth-order valence-corrected chi connectivity index (χ4v) is 2.94. The van der Waals surface area contributed by atoms with Crippen molar-refractivity contribution in [2.24, 2.45) is 0 Å². The molecule has 8 nitrogen and oxygen atoms in total. The van der Waals surface area contributed by atoms with Gasteiger partial charge in [-0.2, -0.15) is 4.98 Å². The summed E-state index contributed by atoms with van der Waals surface area (Å²) >= 11 is 0.